The Kier molecular flexibility index (Phi) is 7.10. The molecule has 0 aliphatic rings. The maximum atomic E-state index is 12.3. The van der Waals surface area contributed by atoms with Gasteiger partial charge in [0.15, 0.2) is 0 Å². The van der Waals surface area contributed by atoms with Gasteiger partial charge in [-0.15, -0.1) is 11.3 Å². The minimum atomic E-state index is -0.0126. The second kappa shape index (κ2) is 10.4. The first-order valence-corrected chi connectivity index (χ1v) is 11.8. The summed E-state index contributed by atoms with van der Waals surface area (Å²) in [5.41, 5.74) is 6.98. The first-order chi connectivity index (χ1) is 16.0. The van der Waals surface area contributed by atoms with Gasteiger partial charge in [-0.1, -0.05) is 36.4 Å². The van der Waals surface area contributed by atoms with Gasteiger partial charge in [-0.3, -0.25) is 4.79 Å². The summed E-state index contributed by atoms with van der Waals surface area (Å²) in [6.45, 7) is 6.62. The van der Waals surface area contributed by atoms with Crippen molar-refractivity contribution in [1.29, 1.82) is 0 Å². The highest BCUT2D eigenvalue weighted by Gasteiger charge is 2.09. The van der Waals surface area contributed by atoms with Crippen molar-refractivity contribution < 1.29 is 4.79 Å². The third kappa shape index (κ3) is 6.02. The summed E-state index contributed by atoms with van der Waals surface area (Å²) in [5, 5.41) is 9.23. The molecule has 2 aromatic heterocycles. The molecule has 0 aliphatic carbocycles. The summed E-state index contributed by atoms with van der Waals surface area (Å²) >= 11 is 1.64. The van der Waals surface area contributed by atoms with Crippen LogP contribution in [0.1, 0.15) is 29.8 Å². The zero-order valence-corrected chi connectivity index (χ0v) is 19.9. The summed E-state index contributed by atoms with van der Waals surface area (Å²) < 4.78 is 0. The van der Waals surface area contributed by atoms with Crippen molar-refractivity contribution in [2.75, 3.05) is 17.2 Å². The number of carbonyl (C=O) groups is 1. The van der Waals surface area contributed by atoms with Crippen LogP contribution in [-0.4, -0.2) is 27.4 Å². The number of aromatic nitrogens is 3. The standard InChI is InChI=1S/C26H27N5OS/c1-17-7-4-5-8-22(17)25-31-23(16-33-25)20-10-12-21(13-11-20)30-24(32)9-6-14-27-26-28-18(2)15-19(3)29-26/h4-5,7-8,10-13,15-16H,6,9,14H2,1-3H3,(H,30,32)(H,27,28,29). The quantitative estimate of drug-likeness (QED) is 0.316. The van der Waals surface area contributed by atoms with E-state index in [0.29, 0.717) is 25.3 Å². The van der Waals surface area contributed by atoms with Gasteiger partial charge in [0.1, 0.15) is 5.01 Å². The average molecular weight is 458 g/mol. The SMILES string of the molecule is Cc1cc(C)nc(NCCCC(=O)Nc2ccc(-c3csc(-c4ccccc4C)n3)cc2)n1. The van der Waals surface area contributed by atoms with E-state index in [-0.39, 0.29) is 5.91 Å². The summed E-state index contributed by atoms with van der Waals surface area (Å²) in [6.07, 6.45) is 1.12. The zero-order chi connectivity index (χ0) is 23.2. The van der Waals surface area contributed by atoms with Crippen LogP contribution in [0.25, 0.3) is 21.8 Å². The maximum absolute atomic E-state index is 12.3. The third-order valence-electron chi connectivity index (χ3n) is 5.19. The van der Waals surface area contributed by atoms with Crippen LogP contribution in [0.5, 0.6) is 0 Å². The van der Waals surface area contributed by atoms with Gasteiger partial charge in [0.05, 0.1) is 5.69 Å². The van der Waals surface area contributed by atoms with E-state index in [0.717, 1.165) is 38.9 Å². The Hall–Kier alpha value is -3.58. The van der Waals surface area contributed by atoms with Crippen LogP contribution in [0.15, 0.2) is 60.0 Å². The lowest BCUT2D eigenvalue weighted by Gasteiger charge is -2.08. The molecular formula is C26H27N5OS. The Balaban J connectivity index is 1.28. The summed E-state index contributed by atoms with van der Waals surface area (Å²) in [7, 11) is 0. The van der Waals surface area contributed by atoms with Crippen molar-refractivity contribution >= 4 is 28.9 Å². The fourth-order valence-corrected chi connectivity index (χ4v) is 4.46. The molecule has 0 fully saturated rings. The molecule has 168 valence electrons. The Morgan fingerprint density at radius 1 is 0.939 bits per heavy atom. The molecule has 33 heavy (non-hydrogen) atoms. The summed E-state index contributed by atoms with van der Waals surface area (Å²) in [4.78, 5) is 25.8. The van der Waals surface area contributed by atoms with E-state index >= 15 is 0 Å². The Labute approximate surface area is 198 Å². The minimum Gasteiger partial charge on any atom is -0.354 e. The molecule has 0 unspecified atom stereocenters. The van der Waals surface area contributed by atoms with Gasteiger partial charge in [-0.25, -0.2) is 15.0 Å². The Morgan fingerprint density at radius 2 is 1.67 bits per heavy atom. The Bertz CT molecular complexity index is 1230. The summed E-state index contributed by atoms with van der Waals surface area (Å²) in [5.74, 6) is 0.595. The van der Waals surface area contributed by atoms with Gasteiger partial charge >= 0.3 is 0 Å². The topological polar surface area (TPSA) is 79.8 Å². The summed E-state index contributed by atoms with van der Waals surface area (Å²) in [6, 6.07) is 18.0. The van der Waals surface area contributed by atoms with Crippen LogP contribution in [0.4, 0.5) is 11.6 Å². The van der Waals surface area contributed by atoms with Gasteiger partial charge < -0.3 is 10.6 Å². The normalized spacial score (nSPS) is 10.8. The van der Waals surface area contributed by atoms with E-state index in [1.54, 1.807) is 11.3 Å². The van der Waals surface area contributed by atoms with Crippen molar-refractivity contribution in [3.63, 3.8) is 0 Å². The molecule has 1 amide bonds. The highest BCUT2D eigenvalue weighted by atomic mass is 32.1. The number of nitrogens with one attached hydrogen (secondary N) is 2. The van der Waals surface area contributed by atoms with Crippen LogP contribution in [0.3, 0.4) is 0 Å². The van der Waals surface area contributed by atoms with Crippen molar-refractivity contribution in [3.05, 3.63) is 76.9 Å². The molecule has 0 spiro atoms. The van der Waals surface area contributed by atoms with Crippen LogP contribution in [0, 0.1) is 20.8 Å². The van der Waals surface area contributed by atoms with E-state index in [9.17, 15) is 4.79 Å². The van der Waals surface area contributed by atoms with E-state index in [4.69, 9.17) is 4.98 Å². The molecule has 4 aromatic rings. The molecule has 0 radical (unpaired) electrons. The van der Waals surface area contributed by atoms with E-state index in [1.165, 1.54) is 5.56 Å². The van der Waals surface area contributed by atoms with Crippen molar-refractivity contribution in [2.45, 2.75) is 33.6 Å². The number of rotatable bonds is 8. The molecule has 0 atom stereocenters. The number of carbonyl (C=O) groups excluding carboxylic acids is 1. The first-order valence-electron chi connectivity index (χ1n) is 11.0. The van der Waals surface area contributed by atoms with E-state index < -0.39 is 0 Å². The highest BCUT2D eigenvalue weighted by Crippen LogP contribution is 2.31. The smallest absolute Gasteiger partial charge is 0.224 e. The molecule has 4 rings (SSSR count). The van der Waals surface area contributed by atoms with E-state index in [2.05, 4.69) is 45.0 Å². The average Bonchev–Trinajstić information content (AvgIpc) is 3.27. The lowest BCUT2D eigenvalue weighted by atomic mass is 10.1. The molecule has 2 N–H and O–H groups in total. The predicted octanol–water partition coefficient (Wildman–Crippen LogP) is 6.02. The fourth-order valence-electron chi connectivity index (χ4n) is 3.54. The zero-order valence-electron chi connectivity index (χ0n) is 19.1. The molecule has 0 bridgehead atoms. The number of hydrogen-bond donors (Lipinski definition) is 2. The fraction of sp³-hybridized carbons (Fsp3) is 0.231. The van der Waals surface area contributed by atoms with Gasteiger partial charge in [0, 0.05) is 46.5 Å². The van der Waals surface area contributed by atoms with Crippen LogP contribution in [0.2, 0.25) is 0 Å². The number of thiazole rings is 1. The molecular weight excluding hydrogens is 430 g/mol. The Morgan fingerprint density at radius 3 is 2.39 bits per heavy atom. The largest absolute Gasteiger partial charge is 0.354 e. The van der Waals surface area contributed by atoms with Gasteiger partial charge in [0.25, 0.3) is 0 Å². The van der Waals surface area contributed by atoms with Crippen molar-refractivity contribution in [1.82, 2.24) is 15.0 Å². The maximum Gasteiger partial charge on any atom is 0.224 e. The van der Waals surface area contributed by atoms with Crippen LogP contribution < -0.4 is 10.6 Å². The third-order valence-corrected chi connectivity index (χ3v) is 6.07. The molecule has 6 nitrogen and oxygen atoms in total. The second-order valence-corrected chi connectivity index (χ2v) is 8.84. The van der Waals surface area contributed by atoms with Crippen molar-refractivity contribution in [2.24, 2.45) is 0 Å². The molecule has 0 saturated heterocycles. The van der Waals surface area contributed by atoms with Gasteiger partial charge in [-0.2, -0.15) is 0 Å². The lowest BCUT2D eigenvalue weighted by molar-refractivity contribution is -0.116. The number of hydrogen-bond acceptors (Lipinski definition) is 6. The predicted molar refractivity (Wildman–Crippen MR) is 136 cm³/mol. The minimum absolute atomic E-state index is 0.0126. The highest BCUT2D eigenvalue weighted by molar-refractivity contribution is 7.13. The molecule has 2 heterocycles. The molecule has 0 aliphatic heterocycles. The number of amides is 1. The number of aryl methyl sites for hydroxylation is 3. The second-order valence-electron chi connectivity index (χ2n) is 7.98. The number of nitrogens with zero attached hydrogens (tertiary/aromatic N) is 3. The molecule has 0 saturated carbocycles. The van der Waals surface area contributed by atoms with E-state index in [1.807, 2.05) is 56.3 Å². The van der Waals surface area contributed by atoms with Gasteiger partial charge in [-0.05, 0) is 51.0 Å². The molecule has 7 heteroatoms. The number of anilines is 2. The molecule has 2 aromatic carbocycles. The van der Waals surface area contributed by atoms with Crippen LogP contribution in [-0.2, 0) is 4.79 Å². The van der Waals surface area contributed by atoms with Gasteiger partial charge in [0.2, 0.25) is 11.9 Å². The monoisotopic (exact) mass is 457 g/mol. The number of benzene rings is 2. The van der Waals surface area contributed by atoms with Crippen molar-refractivity contribution in [3.8, 4) is 21.8 Å². The lowest BCUT2D eigenvalue weighted by Crippen LogP contribution is -2.14. The first kappa shape index (κ1) is 22.6. The van der Waals surface area contributed by atoms with Crippen LogP contribution >= 0.6 is 11.3 Å².